The summed E-state index contributed by atoms with van der Waals surface area (Å²) in [6, 6.07) is 19.1. The summed E-state index contributed by atoms with van der Waals surface area (Å²) >= 11 is 2.32. The smallest absolute Gasteiger partial charge is 0.159 e. The molecule has 0 amide bonds. The Bertz CT molecular complexity index is 570. The molecule has 0 aromatic heterocycles. The van der Waals surface area contributed by atoms with E-state index in [4.69, 9.17) is 4.74 Å². The van der Waals surface area contributed by atoms with E-state index in [1.165, 1.54) is 22.0 Å². The number of benzene rings is 2. The van der Waals surface area contributed by atoms with Crippen molar-refractivity contribution in [2.45, 2.75) is 25.0 Å². The van der Waals surface area contributed by atoms with Gasteiger partial charge in [0.25, 0.3) is 0 Å². The van der Waals surface area contributed by atoms with Gasteiger partial charge >= 0.3 is 0 Å². The highest BCUT2D eigenvalue weighted by atomic mass is 127. The van der Waals surface area contributed by atoms with Crippen molar-refractivity contribution in [3.63, 3.8) is 0 Å². The Labute approximate surface area is 140 Å². The molecule has 0 bridgehead atoms. The highest BCUT2D eigenvalue weighted by Gasteiger charge is 2.31. The van der Waals surface area contributed by atoms with Crippen molar-refractivity contribution in [3.8, 4) is 5.75 Å². The summed E-state index contributed by atoms with van der Waals surface area (Å²) in [5, 5.41) is 0. The molecule has 1 fully saturated rings. The van der Waals surface area contributed by atoms with Gasteiger partial charge in [0.05, 0.1) is 0 Å². The normalized spacial score (nSPS) is 23.0. The fourth-order valence-corrected chi connectivity index (χ4v) is 3.35. The molecule has 110 valence electrons. The first-order valence-corrected chi connectivity index (χ1v) is 8.49. The maximum atomic E-state index is 6.31. The number of piperidine rings is 1. The van der Waals surface area contributed by atoms with Crippen LogP contribution in [0.15, 0.2) is 54.6 Å². The van der Waals surface area contributed by atoms with E-state index < -0.39 is 0 Å². The largest absolute Gasteiger partial charge is 0.474 e. The molecule has 0 saturated carbocycles. The minimum atomic E-state index is 0.112. The van der Waals surface area contributed by atoms with E-state index in [0.717, 1.165) is 12.3 Å². The SMILES string of the molecule is CN1CCC[C@@H](c2ccccc2)[C@@H]1Oc1ccc(I)cc1. The molecule has 21 heavy (non-hydrogen) atoms. The minimum Gasteiger partial charge on any atom is -0.474 e. The van der Waals surface area contributed by atoms with E-state index in [1.54, 1.807) is 0 Å². The highest BCUT2D eigenvalue weighted by Crippen LogP contribution is 2.33. The lowest BCUT2D eigenvalue weighted by atomic mass is 9.89. The van der Waals surface area contributed by atoms with Crippen molar-refractivity contribution >= 4 is 22.6 Å². The molecule has 3 rings (SSSR count). The van der Waals surface area contributed by atoms with Crippen LogP contribution in [0, 0.1) is 3.57 Å². The number of hydrogen-bond acceptors (Lipinski definition) is 2. The van der Waals surface area contributed by atoms with Crippen LogP contribution in [-0.4, -0.2) is 24.7 Å². The minimum absolute atomic E-state index is 0.112. The Morgan fingerprint density at radius 2 is 1.76 bits per heavy atom. The Morgan fingerprint density at radius 3 is 2.48 bits per heavy atom. The van der Waals surface area contributed by atoms with Crippen LogP contribution < -0.4 is 4.74 Å². The first-order valence-electron chi connectivity index (χ1n) is 7.41. The van der Waals surface area contributed by atoms with Crippen LogP contribution in [0.4, 0.5) is 0 Å². The average Bonchev–Trinajstić information content (AvgIpc) is 2.52. The maximum absolute atomic E-state index is 6.31. The third kappa shape index (κ3) is 3.58. The molecular formula is C18H20INO. The van der Waals surface area contributed by atoms with Gasteiger partial charge in [0.1, 0.15) is 5.75 Å². The quantitative estimate of drug-likeness (QED) is 0.712. The maximum Gasteiger partial charge on any atom is 0.159 e. The summed E-state index contributed by atoms with van der Waals surface area (Å²) in [5.74, 6) is 1.39. The second-order valence-electron chi connectivity index (χ2n) is 5.60. The molecule has 2 aromatic carbocycles. The molecule has 1 aliphatic heterocycles. The molecule has 0 N–H and O–H groups in total. The van der Waals surface area contributed by atoms with E-state index in [-0.39, 0.29) is 6.23 Å². The Hall–Kier alpha value is -1.07. The molecule has 2 nitrogen and oxygen atoms in total. The summed E-state index contributed by atoms with van der Waals surface area (Å²) in [4.78, 5) is 2.33. The lowest BCUT2D eigenvalue weighted by Gasteiger charge is -2.39. The van der Waals surface area contributed by atoms with Crippen LogP contribution in [0.3, 0.4) is 0 Å². The second-order valence-corrected chi connectivity index (χ2v) is 6.85. The monoisotopic (exact) mass is 393 g/mol. The number of hydrogen-bond donors (Lipinski definition) is 0. The predicted octanol–water partition coefficient (Wildman–Crippen LogP) is 4.51. The first-order chi connectivity index (χ1) is 10.2. The molecule has 1 aliphatic rings. The lowest BCUT2D eigenvalue weighted by molar-refractivity contribution is -0.00340. The molecule has 0 spiro atoms. The number of likely N-dealkylation sites (tertiary alicyclic amines) is 1. The van der Waals surface area contributed by atoms with E-state index in [1.807, 2.05) is 0 Å². The van der Waals surface area contributed by atoms with Crippen LogP contribution in [0.5, 0.6) is 5.75 Å². The van der Waals surface area contributed by atoms with Gasteiger partial charge in [-0.25, -0.2) is 0 Å². The number of ether oxygens (including phenoxy) is 1. The molecule has 1 saturated heterocycles. The predicted molar refractivity (Wildman–Crippen MR) is 94.6 cm³/mol. The lowest BCUT2D eigenvalue weighted by Crippen LogP contribution is -2.45. The third-order valence-electron chi connectivity index (χ3n) is 4.10. The van der Waals surface area contributed by atoms with Crippen LogP contribution >= 0.6 is 22.6 Å². The summed E-state index contributed by atoms with van der Waals surface area (Å²) in [7, 11) is 2.16. The van der Waals surface area contributed by atoms with Gasteiger partial charge in [-0.2, -0.15) is 0 Å². The number of halogens is 1. The van der Waals surface area contributed by atoms with E-state index in [0.29, 0.717) is 5.92 Å². The third-order valence-corrected chi connectivity index (χ3v) is 4.82. The van der Waals surface area contributed by atoms with Gasteiger partial charge in [-0.05, 0) is 72.3 Å². The van der Waals surface area contributed by atoms with Crippen molar-refractivity contribution in [2.24, 2.45) is 0 Å². The Morgan fingerprint density at radius 1 is 1.05 bits per heavy atom. The molecule has 3 heteroatoms. The van der Waals surface area contributed by atoms with Crippen molar-refractivity contribution in [2.75, 3.05) is 13.6 Å². The standard InChI is InChI=1S/C18H20INO/c1-20-13-5-8-17(14-6-3-2-4-7-14)18(20)21-16-11-9-15(19)10-12-16/h2-4,6-7,9-12,17-18H,5,8,13H2,1H3/t17-,18-/m0/s1. The zero-order valence-corrected chi connectivity index (χ0v) is 14.4. The van der Waals surface area contributed by atoms with Gasteiger partial charge in [0.2, 0.25) is 0 Å². The fourth-order valence-electron chi connectivity index (χ4n) is 2.99. The van der Waals surface area contributed by atoms with Gasteiger partial charge < -0.3 is 4.74 Å². The number of likely N-dealkylation sites (N-methyl/N-ethyl adjacent to an activating group) is 1. The number of rotatable bonds is 3. The zero-order valence-electron chi connectivity index (χ0n) is 12.2. The first kappa shape index (κ1) is 14.9. The van der Waals surface area contributed by atoms with Crippen LogP contribution in [0.25, 0.3) is 0 Å². The summed E-state index contributed by atoms with van der Waals surface area (Å²) in [5.41, 5.74) is 1.37. The summed E-state index contributed by atoms with van der Waals surface area (Å²) in [6.07, 6.45) is 2.52. The van der Waals surface area contributed by atoms with E-state index >= 15 is 0 Å². The van der Waals surface area contributed by atoms with Gasteiger partial charge in [-0.1, -0.05) is 30.3 Å². The number of nitrogens with zero attached hydrogens (tertiary/aromatic N) is 1. The van der Waals surface area contributed by atoms with E-state index in [2.05, 4.69) is 89.1 Å². The molecule has 0 unspecified atom stereocenters. The second kappa shape index (κ2) is 6.79. The van der Waals surface area contributed by atoms with Gasteiger partial charge in [0, 0.05) is 16.0 Å². The highest BCUT2D eigenvalue weighted by molar-refractivity contribution is 14.1. The zero-order chi connectivity index (χ0) is 14.7. The van der Waals surface area contributed by atoms with Gasteiger partial charge in [-0.3, -0.25) is 4.90 Å². The van der Waals surface area contributed by atoms with Gasteiger partial charge in [0.15, 0.2) is 6.23 Å². The van der Waals surface area contributed by atoms with Crippen molar-refractivity contribution in [1.82, 2.24) is 4.90 Å². The molecule has 0 radical (unpaired) electrons. The molecule has 0 aliphatic carbocycles. The molecule has 2 atom stereocenters. The van der Waals surface area contributed by atoms with Crippen LogP contribution in [0.2, 0.25) is 0 Å². The Balaban J connectivity index is 1.83. The van der Waals surface area contributed by atoms with Crippen molar-refractivity contribution < 1.29 is 4.74 Å². The van der Waals surface area contributed by atoms with Crippen molar-refractivity contribution in [3.05, 3.63) is 63.7 Å². The molecular weight excluding hydrogens is 373 g/mol. The Kier molecular flexibility index (Phi) is 4.80. The van der Waals surface area contributed by atoms with Crippen LogP contribution in [0.1, 0.15) is 24.3 Å². The average molecular weight is 393 g/mol. The molecule has 2 aromatic rings. The van der Waals surface area contributed by atoms with Gasteiger partial charge in [-0.15, -0.1) is 0 Å². The summed E-state index contributed by atoms with van der Waals surface area (Å²) in [6.45, 7) is 1.10. The molecule has 1 heterocycles. The van der Waals surface area contributed by atoms with E-state index in [9.17, 15) is 0 Å². The summed E-state index contributed by atoms with van der Waals surface area (Å²) < 4.78 is 7.55. The fraction of sp³-hybridized carbons (Fsp3) is 0.333. The van der Waals surface area contributed by atoms with Crippen molar-refractivity contribution in [1.29, 1.82) is 0 Å². The topological polar surface area (TPSA) is 12.5 Å². The van der Waals surface area contributed by atoms with Crippen LogP contribution in [-0.2, 0) is 0 Å².